The summed E-state index contributed by atoms with van der Waals surface area (Å²) in [6.45, 7) is -0.113. The van der Waals surface area contributed by atoms with E-state index in [-0.39, 0.29) is 22.9 Å². The number of aromatic amines is 1. The van der Waals surface area contributed by atoms with Gasteiger partial charge in [0, 0.05) is 36.8 Å². The van der Waals surface area contributed by atoms with Gasteiger partial charge >= 0.3 is 0 Å². The van der Waals surface area contributed by atoms with Gasteiger partial charge in [-0.05, 0) is 47.7 Å². The lowest BCUT2D eigenvalue weighted by atomic mass is 10.0. The van der Waals surface area contributed by atoms with Crippen molar-refractivity contribution < 1.29 is 13.2 Å². The van der Waals surface area contributed by atoms with Gasteiger partial charge in [-0.25, -0.2) is 13.1 Å². The predicted molar refractivity (Wildman–Crippen MR) is 107 cm³/mol. The monoisotopic (exact) mass is 397 g/mol. The molecule has 1 amide bonds. The summed E-state index contributed by atoms with van der Waals surface area (Å²) < 4.78 is 27.9. The molecule has 0 fully saturated rings. The van der Waals surface area contributed by atoms with Crippen LogP contribution in [0.15, 0.2) is 58.2 Å². The number of hydrogen-bond donors (Lipinski definition) is 2. The van der Waals surface area contributed by atoms with Crippen LogP contribution < -0.4 is 15.2 Å². The summed E-state index contributed by atoms with van der Waals surface area (Å²) >= 11 is 0. The van der Waals surface area contributed by atoms with Gasteiger partial charge in [-0.15, -0.1) is 0 Å². The minimum atomic E-state index is -3.80. The van der Waals surface area contributed by atoms with Crippen LogP contribution in [-0.2, 0) is 27.8 Å². The average Bonchev–Trinajstić information content (AvgIpc) is 2.69. The number of para-hydroxylation sites is 1. The van der Waals surface area contributed by atoms with Gasteiger partial charge in [-0.2, -0.15) is 0 Å². The van der Waals surface area contributed by atoms with Gasteiger partial charge in [0.1, 0.15) is 0 Å². The number of H-pyrrole nitrogens is 1. The minimum Gasteiger partial charge on any atom is -0.322 e. The first-order valence-corrected chi connectivity index (χ1v) is 10.3. The van der Waals surface area contributed by atoms with Crippen molar-refractivity contribution in [1.29, 1.82) is 0 Å². The molecule has 1 aromatic heterocycles. The number of nitrogens with zero attached hydrogens (tertiary/aromatic N) is 1. The molecule has 0 unspecified atom stereocenters. The van der Waals surface area contributed by atoms with Crippen LogP contribution in [0.1, 0.15) is 17.5 Å². The second-order valence-corrected chi connectivity index (χ2v) is 8.55. The van der Waals surface area contributed by atoms with Crippen LogP contribution in [0, 0.1) is 0 Å². The van der Waals surface area contributed by atoms with Crippen LogP contribution in [0.2, 0.25) is 0 Å². The molecule has 0 atom stereocenters. The molecular formula is C20H19N3O4S. The van der Waals surface area contributed by atoms with Gasteiger partial charge in [-0.1, -0.05) is 18.2 Å². The van der Waals surface area contributed by atoms with E-state index in [1.54, 1.807) is 31.3 Å². The molecule has 1 aliphatic rings. The van der Waals surface area contributed by atoms with E-state index in [2.05, 4.69) is 9.71 Å². The zero-order valence-corrected chi connectivity index (χ0v) is 16.0. The number of hydrogen-bond acceptors (Lipinski definition) is 4. The Morgan fingerprint density at radius 1 is 1.07 bits per heavy atom. The molecule has 0 saturated carbocycles. The van der Waals surface area contributed by atoms with Crippen molar-refractivity contribution in [1.82, 2.24) is 9.71 Å². The first-order chi connectivity index (χ1) is 13.3. The molecule has 0 radical (unpaired) electrons. The van der Waals surface area contributed by atoms with Crippen molar-refractivity contribution in [2.24, 2.45) is 0 Å². The summed E-state index contributed by atoms with van der Waals surface area (Å²) in [4.78, 5) is 28.4. The molecule has 1 aliphatic heterocycles. The molecule has 8 heteroatoms. The van der Waals surface area contributed by atoms with E-state index in [1.165, 1.54) is 11.0 Å². The Kier molecular flexibility index (Phi) is 4.52. The third kappa shape index (κ3) is 3.32. The molecule has 144 valence electrons. The van der Waals surface area contributed by atoms with E-state index >= 15 is 0 Å². The van der Waals surface area contributed by atoms with Gasteiger partial charge in [0.25, 0.3) is 5.56 Å². The fourth-order valence-electron chi connectivity index (χ4n) is 3.38. The Morgan fingerprint density at radius 2 is 1.86 bits per heavy atom. The minimum absolute atomic E-state index is 0.0109. The molecule has 0 bridgehead atoms. The zero-order chi connectivity index (χ0) is 19.9. The maximum absolute atomic E-state index is 12.7. The highest BCUT2D eigenvalue weighted by Gasteiger charge is 2.23. The SMILES string of the molecule is CN1C(=O)CCc2cc(S(=O)(=O)NCc3cc4ccccc4[nH]c3=O)ccc21. The molecule has 28 heavy (non-hydrogen) atoms. The van der Waals surface area contributed by atoms with Crippen LogP contribution in [0.3, 0.4) is 0 Å². The topological polar surface area (TPSA) is 99.3 Å². The van der Waals surface area contributed by atoms with E-state index in [0.29, 0.717) is 23.9 Å². The summed E-state index contributed by atoms with van der Waals surface area (Å²) in [6.07, 6.45) is 0.860. The van der Waals surface area contributed by atoms with Crippen LogP contribution >= 0.6 is 0 Å². The Bertz CT molecular complexity index is 1250. The summed E-state index contributed by atoms with van der Waals surface area (Å²) in [5.74, 6) is 0.0109. The number of amides is 1. The van der Waals surface area contributed by atoms with Crippen LogP contribution in [0.25, 0.3) is 10.9 Å². The zero-order valence-electron chi connectivity index (χ0n) is 15.2. The number of carbonyl (C=O) groups excluding carboxylic acids is 1. The fourth-order valence-corrected chi connectivity index (χ4v) is 4.44. The standard InChI is InChI=1S/C20H19N3O4S/c1-23-18-8-7-16(11-14(18)6-9-19(23)24)28(26,27)21-12-15-10-13-4-2-3-5-17(13)22-20(15)25/h2-5,7-8,10-11,21H,6,9,12H2,1H3,(H,22,25). The summed E-state index contributed by atoms with van der Waals surface area (Å²) in [7, 11) is -2.12. The number of benzene rings is 2. The predicted octanol–water partition coefficient (Wildman–Crippen LogP) is 1.92. The number of anilines is 1. The van der Waals surface area contributed by atoms with Crippen LogP contribution in [-0.4, -0.2) is 26.4 Å². The molecule has 0 aliphatic carbocycles. The number of aromatic nitrogens is 1. The van der Waals surface area contributed by atoms with Gasteiger partial charge in [0.05, 0.1) is 4.90 Å². The largest absolute Gasteiger partial charge is 0.322 e. The number of nitrogens with one attached hydrogen (secondary N) is 2. The number of sulfonamides is 1. The highest BCUT2D eigenvalue weighted by Crippen LogP contribution is 2.29. The van der Waals surface area contributed by atoms with E-state index in [4.69, 9.17) is 0 Å². The molecule has 2 aromatic carbocycles. The van der Waals surface area contributed by atoms with E-state index in [0.717, 1.165) is 16.6 Å². The maximum atomic E-state index is 12.7. The van der Waals surface area contributed by atoms with Crippen molar-refractivity contribution in [3.05, 3.63) is 70.0 Å². The quantitative estimate of drug-likeness (QED) is 0.702. The Labute approximate surface area is 162 Å². The highest BCUT2D eigenvalue weighted by atomic mass is 32.2. The second kappa shape index (κ2) is 6.88. The van der Waals surface area contributed by atoms with Crippen molar-refractivity contribution in [2.75, 3.05) is 11.9 Å². The first kappa shape index (κ1) is 18.4. The third-order valence-corrected chi connectivity index (χ3v) is 6.39. The average molecular weight is 397 g/mol. The van der Waals surface area contributed by atoms with Gasteiger partial charge in [0.2, 0.25) is 15.9 Å². The summed E-state index contributed by atoms with van der Waals surface area (Å²) in [5, 5.41) is 0.831. The lowest BCUT2D eigenvalue weighted by Gasteiger charge is -2.26. The molecule has 0 saturated heterocycles. The van der Waals surface area contributed by atoms with Crippen molar-refractivity contribution >= 4 is 32.5 Å². The molecule has 3 aromatic rings. The Balaban J connectivity index is 1.59. The van der Waals surface area contributed by atoms with Crippen LogP contribution in [0.4, 0.5) is 5.69 Å². The number of rotatable bonds is 4. The molecule has 0 spiro atoms. The summed E-state index contributed by atoms with van der Waals surface area (Å²) in [5.41, 5.74) is 2.25. The second-order valence-electron chi connectivity index (χ2n) is 6.78. The number of fused-ring (bicyclic) bond motifs is 2. The van der Waals surface area contributed by atoms with Crippen LogP contribution in [0.5, 0.6) is 0 Å². The van der Waals surface area contributed by atoms with Gasteiger partial charge < -0.3 is 9.88 Å². The maximum Gasteiger partial charge on any atom is 0.252 e. The highest BCUT2D eigenvalue weighted by molar-refractivity contribution is 7.89. The van der Waals surface area contributed by atoms with Crippen molar-refractivity contribution in [3.63, 3.8) is 0 Å². The first-order valence-electron chi connectivity index (χ1n) is 8.85. The van der Waals surface area contributed by atoms with Crippen molar-refractivity contribution in [3.8, 4) is 0 Å². The lowest BCUT2D eigenvalue weighted by Crippen LogP contribution is -2.31. The normalized spacial score (nSPS) is 14.3. The van der Waals surface area contributed by atoms with Gasteiger partial charge in [0.15, 0.2) is 0 Å². The third-order valence-electron chi connectivity index (χ3n) is 4.99. The summed E-state index contributed by atoms with van der Waals surface area (Å²) in [6, 6.07) is 13.7. The Morgan fingerprint density at radius 3 is 2.68 bits per heavy atom. The number of carbonyl (C=O) groups is 1. The molecule has 2 N–H and O–H groups in total. The molecule has 2 heterocycles. The van der Waals surface area contributed by atoms with E-state index in [1.807, 2.05) is 18.2 Å². The molecule has 4 rings (SSSR count). The number of pyridine rings is 1. The number of aryl methyl sites for hydroxylation is 1. The molecular weight excluding hydrogens is 378 g/mol. The fraction of sp³-hybridized carbons (Fsp3) is 0.200. The van der Waals surface area contributed by atoms with Gasteiger partial charge in [-0.3, -0.25) is 9.59 Å². The smallest absolute Gasteiger partial charge is 0.252 e. The van der Waals surface area contributed by atoms with E-state index in [9.17, 15) is 18.0 Å². The van der Waals surface area contributed by atoms with E-state index < -0.39 is 10.0 Å². The van der Waals surface area contributed by atoms with Crippen molar-refractivity contribution in [2.45, 2.75) is 24.3 Å². The molecule has 7 nitrogen and oxygen atoms in total. The lowest BCUT2D eigenvalue weighted by molar-refractivity contribution is -0.118. The Hall–Kier alpha value is -2.97.